The van der Waals surface area contributed by atoms with Crippen LogP contribution in [0.1, 0.15) is 31.9 Å². The molecule has 0 saturated heterocycles. The summed E-state index contributed by atoms with van der Waals surface area (Å²) in [5.41, 5.74) is 2.75. The van der Waals surface area contributed by atoms with Crippen molar-refractivity contribution in [3.63, 3.8) is 0 Å². The SMILES string of the molecule is CCOC(=O)C1=C(C)N=C2SC=C(CC(=O)Nc3ccc(F)cc3)N2C1c1cc(OC)cc(OC)c1. The number of amidine groups is 1. The number of rotatable bonds is 8. The van der Waals surface area contributed by atoms with Crippen LogP contribution in [0, 0.1) is 5.82 Å². The van der Waals surface area contributed by atoms with Gasteiger partial charge in [-0.2, -0.15) is 0 Å². The molecule has 0 bridgehead atoms. The number of amides is 1. The lowest BCUT2D eigenvalue weighted by Gasteiger charge is -2.36. The van der Waals surface area contributed by atoms with Gasteiger partial charge < -0.3 is 24.4 Å². The monoisotopic (exact) mass is 511 g/mol. The molecule has 2 aromatic rings. The predicted octanol–water partition coefficient (Wildman–Crippen LogP) is 5.01. The van der Waals surface area contributed by atoms with Crippen LogP contribution in [0.4, 0.5) is 10.1 Å². The van der Waals surface area contributed by atoms with Gasteiger partial charge >= 0.3 is 5.97 Å². The highest BCUT2D eigenvalue weighted by molar-refractivity contribution is 8.16. The van der Waals surface area contributed by atoms with Gasteiger partial charge in [0.25, 0.3) is 0 Å². The Kier molecular flexibility index (Phi) is 7.64. The zero-order valence-electron chi connectivity index (χ0n) is 20.3. The lowest BCUT2D eigenvalue weighted by atomic mass is 9.93. The minimum absolute atomic E-state index is 0.0101. The summed E-state index contributed by atoms with van der Waals surface area (Å²) >= 11 is 1.37. The van der Waals surface area contributed by atoms with Crippen molar-refractivity contribution in [1.82, 2.24) is 4.90 Å². The van der Waals surface area contributed by atoms with Gasteiger partial charge in [-0.05, 0) is 61.2 Å². The molecule has 4 rings (SSSR count). The van der Waals surface area contributed by atoms with E-state index >= 15 is 0 Å². The molecule has 0 fully saturated rings. The standard InChI is InChI=1S/C26H26FN3O5S/c1-5-35-25(32)23-15(2)28-26-30(24(23)16-10-20(33-3)13-21(11-16)34-4)19(14-36-26)12-22(31)29-18-8-6-17(27)7-9-18/h6-11,13-14,24H,5,12H2,1-4H3,(H,29,31). The van der Waals surface area contributed by atoms with Crippen LogP contribution in [-0.2, 0) is 14.3 Å². The van der Waals surface area contributed by atoms with Crippen LogP contribution in [0.3, 0.4) is 0 Å². The summed E-state index contributed by atoms with van der Waals surface area (Å²) in [6, 6.07) is 10.3. The Morgan fingerprint density at radius 1 is 1.11 bits per heavy atom. The molecular formula is C26H26FN3O5S. The summed E-state index contributed by atoms with van der Waals surface area (Å²) in [6.07, 6.45) is 0.0101. The van der Waals surface area contributed by atoms with Crippen LogP contribution in [0.25, 0.3) is 0 Å². The quantitative estimate of drug-likeness (QED) is 0.499. The number of carbonyl (C=O) groups is 2. The highest BCUT2D eigenvalue weighted by atomic mass is 32.2. The number of fused-ring (bicyclic) bond motifs is 1. The third kappa shape index (κ3) is 5.23. The fraction of sp³-hybridized carbons (Fsp3) is 0.269. The van der Waals surface area contributed by atoms with E-state index in [-0.39, 0.29) is 24.8 Å². The van der Waals surface area contributed by atoms with Gasteiger partial charge in [0.2, 0.25) is 5.91 Å². The van der Waals surface area contributed by atoms with Gasteiger partial charge in [0, 0.05) is 17.5 Å². The molecule has 2 aliphatic heterocycles. The fourth-order valence-electron chi connectivity index (χ4n) is 4.05. The molecule has 2 heterocycles. The number of nitrogens with one attached hydrogen (secondary N) is 1. The molecule has 1 amide bonds. The lowest BCUT2D eigenvalue weighted by molar-refractivity contribution is -0.139. The summed E-state index contributed by atoms with van der Waals surface area (Å²) in [5.74, 6) is -0.0547. The summed E-state index contributed by atoms with van der Waals surface area (Å²) in [5, 5.41) is 5.26. The predicted molar refractivity (Wildman–Crippen MR) is 136 cm³/mol. The highest BCUT2D eigenvalue weighted by Crippen LogP contribution is 2.46. The van der Waals surface area contributed by atoms with E-state index in [1.807, 2.05) is 22.4 Å². The van der Waals surface area contributed by atoms with Gasteiger partial charge in [-0.25, -0.2) is 14.2 Å². The van der Waals surface area contributed by atoms with Crippen LogP contribution in [-0.4, -0.2) is 42.8 Å². The highest BCUT2D eigenvalue weighted by Gasteiger charge is 2.41. The van der Waals surface area contributed by atoms with Gasteiger partial charge in [-0.15, -0.1) is 0 Å². The molecule has 2 aliphatic rings. The number of allylic oxidation sites excluding steroid dienone is 1. The van der Waals surface area contributed by atoms with Crippen molar-refractivity contribution in [1.29, 1.82) is 0 Å². The number of halogens is 1. The molecule has 0 spiro atoms. The minimum atomic E-state index is -0.625. The Hall–Kier alpha value is -3.79. The van der Waals surface area contributed by atoms with Crippen molar-refractivity contribution in [2.24, 2.45) is 4.99 Å². The van der Waals surface area contributed by atoms with Crippen LogP contribution in [0.15, 0.2) is 69.8 Å². The van der Waals surface area contributed by atoms with Crippen molar-refractivity contribution >= 4 is 34.5 Å². The summed E-state index contributed by atoms with van der Waals surface area (Å²) in [6.45, 7) is 3.71. The number of benzene rings is 2. The van der Waals surface area contributed by atoms with Gasteiger partial charge in [-0.3, -0.25) is 4.79 Å². The second kappa shape index (κ2) is 10.9. The second-order valence-corrected chi connectivity index (χ2v) is 8.83. The van der Waals surface area contributed by atoms with E-state index in [4.69, 9.17) is 14.2 Å². The largest absolute Gasteiger partial charge is 0.497 e. The third-order valence-electron chi connectivity index (χ3n) is 5.66. The number of ether oxygens (including phenoxy) is 3. The van der Waals surface area contributed by atoms with Crippen molar-refractivity contribution in [3.8, 4) is 11.5 Å². The van der Waals surface area contributed by atoms with E-state index in [0.29, 0.717) is 44.9 Å². The summed E-state index contributed by atoms with van der Waals surface area (Å²) in [7, 11) is 3.10. The molecule has 0 radical (unpaired) electrons. The zero-order chi connectivity index (χ0) is 25.8. The molecule has 10 heteroatoms. The number of aliphatic imine (C=N–C) groups is 1. The number of anilines is 1. The van der Waals surface area contributed by atoms with E-state index < -0.39 is 12.0 Å². The van der Waals surface area contributed by atoms with Gasteiger partial charge in [0.05, 0.1) is 44.6 Å². The summed E-state index contributed by atoms with van der Waals surface area (Å²) < 4.78 is 29.5. The van der Waals surface area contributed by atoms with Gasteiger partial charge in [0.15, 0.2) is 5.17 Å². The third-order valence-corrected chi connectivity index (χ3v) is 6.54. The molecule has 2 aromatic carbocycles. The maximum atomic E-state index is 13.2. The lowest BCUT2D eigenvalue weighted by Crippen LogP contribution is -2.37. The number of thioether (sulfide) groups is 1. The number of hydrogen-bond acceptors (Lipinski definition) is 8. The Bertz CT molecular complexity index is 1250. The number of esters is 1. The van der Waals surface area contributed by atoms with E-state index in [1.54, 1.807) is 34.1 Å². The van der Waals surface area contributed by atoms with Crippen molar-refractivity contribution < 1.29 is 28.2 Å². The van der Waals surface area contributed by atoms with E-state index in [2.05, 4.69) is 10.3 Å². The van der Waals surface area contributed by atoms with Crippen LogP contribution in [0.5, 0.6) is 11.5 Å². The normalized spacial score (nSPS) is 16.7. The molecule has 0 aliphatic carbocycles. The molecule has 0 saturated carbocycles. The molecule has 1 atom stereocenters. The van der Waals surface area contributed by atoms with Gasteiger partial charge in [0.1, 0.15) is 17.3 Å². The first kappa shape index (κ1) is 25.3. The molecule has 8 nitrogen and oxygen atoms in total. The Morgan fingerprint density at radius 2 is 1.78 bits per heavy atom. The topological polar surface area (TPSA) is 89.5 Å². The molecule has 188 valence electrons. The molecule has 0 aromatic heterocycles. The first-order valence-electron chi connectivity index (χ1n) is 11.2. The maximum Gasteiger partial charge on any atom is 0.338 e. The van der Waals surface area contributed by atoms with E-state index in [9.17, 15) is 14.0 Å². The Morgan fingerprint density at radius 3 is 2.39 bits per heavy atom. The number of carbonyl (C=O) groups excluding carboxylic acids is 2. The first-order valence-corrected chi connectivity index (χ1v) is 12.1. The Labute approximate surface area is 212 Å². The fourth-order valence-corrected chi connectivity index (χ4v) is 5.01. The number of hydrogen-bond donors (Lipinski definition) is 1. The molecular weight excluding hydrogens is 485 g/mol. The average molecular weight is 512 g/mol. The Balaban J connectivity index is 1.71. The second-order valence-electron chi connectivity index (χ2n) is 7.99. The van der Waals surface area contributed by atoms with Crippen molar-refractivity contribution in [2.45, 2.75) is 26.3 Å². The number of nitrogens with zero attached hydrogens (tertiary/aromatic N) is 2. The van der Waals surface area contributed by atoms with Crippen LogP contribution >= 0.6 is 11.8 Å². The molecule has 1 unspecified atom stereocenters. The van der Waals surface area contributed by atoms with Crippen molar-refractivity contribution in [2.75, 3.05) is 26.1 Å². The van der Waals surface area contributed by atoms with E-state index in [0.717, 1.165) is 0 Å². The summed E-state index contributed by atoms with van der Waals surface area (Å²) in [4.78, 5) is 32.5. The van der Waals surface area contributed by atoms with Crippen LogP contribution in [0.2, 0.25) is 0 Å². The first-order chi connectivity index (χ1) is 17.3. The van der Waals surface area contributed by atoms with E-state index in [1.165, 1.54) is 36.0 Å². The van der Waals surface area contributed by atoms with Crippen LogP contribution < -0.4 is 14.8 Å². The number of methoxy groups -OCH3 is 2. The van der Waals surface area contributed by atoms with Crippen molar-refractivity contribution in [3.05, 3.63) is 76.2 Å². The smallest absolute Gasteiger partial charge is 0.338 e. The minimum Gasteiger partial charge on any atom is -0.497 e. The van der Waals surface area contributed by atoms with Gasteiger partial charge in [-0.1, -0.05) is 11.8 Å². The zero-order valence-corrected chi connectivity index (χ0v) is 21.1. The molecule has 36 heavy (non-hydrogen) atoms. The average Bonchev–Trinajstić information content (AvgIpc) is 3.25. The maximum absolute atomic E-state index is 13.2. The molecule has 1 N–H and O–H groups in total.